The second kappa shape index (κ2) is 5.72. The van der Waals surface area contributed by atoms with Gasteiger partial charge in [0.15, 0.2) is 8.32 Å². The minimum Gasteiger partial charge on any atom is -0.444 e. The molecule has 0 bridgehead atoms. The van der Waals surface area contributed by atoms with Crippen LogP contribution in [0.15, 0.2) is 0 Å². The summed E-state index contributed by atoms with van der Waals surface area (Å²) in [4.78, 5) is 24.6. The average Bonchev–Trinajstić information content (AvgIpc) is 2.95. The molecule has 0 N–H and O–H groups in total. The molecule has 1 rings (SSSR count). The van der Waals surface area contributed by atoms with E-state index in [1.807, 2.05) is 20.8 Å². The Morgan fingerprint density at radius 2 is 1.71 bits per heavy atom. The van der Waals surface area contributed by atoms with E-state index in [-0.39, 0.29) is 11.1 Å². The molecule has 1 heterocycles. The van der Waals surface area contributed by atoms with Crippen molar-refractivity contribution in [1.29, 1.82) is 0 Å². The van der Waals surface area contributed by atoms with Crippen LogP contribution in [-0.4, -0.2) is 49.9 Å². The lowest BCUT2D eigenvalue weighted by Gasteiger charge is -2.36. The lowest BCUT2D eigenvalue weighted by molar-refractivity contribution is -0.108. The van der Waals surface area contributed by atoms with Crippen LogP contribution in [0, 0.1) is 0 Å². The van der Waals surface area contributed by atoms with E-state index in [2.05, 4.69) is 33.9 Å². The van der Waals surface area contributed by atoms with Crippen molar-refractivity contribution >= 4 is 20.7 Å². The monoisotopic (exact) mass is 315 g/mol. The van der Waals surface area contributed by atoms with Crippen molar-refractivity contribution in [2.75, 3.05) is 6.61 Å². The average molecular weight is 315 g/mol. The van der Waals surface area contributed by atoms with Crippen LogP contribution < -0.4 is 0 Å². The zero-order valence-electron chi connectivity index (χ0n) is 14.5. The number of hydrogen-bond donors (Lipinski definition) is 0. The van der Waals surface area contributed by atoms with Gasteiger partial charge in [0.25, 0.3) is 0 Å². The first kappa shape index (κ1) is 18.2. The molecule has 1 fully saturated rings. The van der Waals surface area contributed by atoms with Crippen LogP contribution >= 0.6 is 0 Å². The van der Waals surface area contributed by atoms with Crippen molar-refractivity contribution in [1.82, 2.24) is 4.90 Å². The predicted octanol–water partition coefficient (Wildman–Crippen LogP) is 3.20. The number of ether oxygens (including phenoxy) is 1. The minimum absolute atomic E-state index is 0.106. The van der Waals surface area contributed by atoms with Crippen LogP contribution in [0.4, 0.5) is 4.79 Å². The Hall–Kier alpha value is -0.883. The van der Waals surface area contributed by atoms with Crippen molar-refractivity contribution in [2.24, 2.45) is 0 Å². The summed E-state index contributed by atoms with van der Waals surface area (Å²) in [6, 6.07) is -0.601. The number of hydrogen-bond acceptors (Lipinski definition) is 4. The molecule has 2 atom stereocenters. The van der Waals surface area contributed by atoms with Crippen LogP contribution in [0.25, 0.3) is 0 Å². The summed E-state index contributed by atoms with van der Waals surface area (Å²) in [5.74, 6) is 0. The molecule has 5 nitrogen and oxygen atoms in total. The molecule has 0 aromatic rings. The van der Waals surface area contributed by atoms with Gasteiger partial charge in [-0.2, -0.15) is 0 Å². The molecule has 1 saturated heterocycles. The summed E-state index contributed by atoms with van der Waals surface area (Å²) in [5.41, 5.74) is -0.558. The first-order valence-electron chi connectivity index (χ1n) is 7.41. The van der Waals surface area contributed by atoms with Crippen LogP contribution in [0.2, 0.25) is 18.1 Å². The van der Waals surface area contributed by atoms with Gasteiger partial charge in [-0.1, -0.05) is 20.8 Å². The molecule has 0 aromatic carbocycles. The highest BCUT2D eigenvalue weighted by atomic mass is 28.4. The Bertz CT molecular complexity index is 409. The Kier molecular flexibility index (Phi) is 4.95. The van der Waals surface area contributed by atoms with E-state index in [1.54, 1.807) is 0 Å². The lowest BCUT2D eigenvalue weighted by Crippen LogP contribution is -2.42. The maximum Gasteiger partial charge on any atom is 0.411 e. The van der Waals surface area contributed by atoms with E-state index < -0.39 is 26.1 Å². The largest absolute Gasteiger partial charge is 0.444 e. The molecule has 21 heavy (non-hydrogen) atoms. The van der Waals surface area contributed by atoms with Gasteiger partial charge in [0.1, 0.15) is 17.9 Å². The topological polar surface area (TPSA) is 55.6 Å². The highest BCUT2D eigenvalue weighted by Gasteiger charge is 2.54. The van der Waals surface area contributed by atoms with Gasteiger partial charge >= 0.3 is 6.09 Å². The SMILES string of the molecule is CC(C)(C)OC(=O)N1[C@H](C=O)[C@@H]1CO[Si](C)(C)C(C)(C)C. The molecule has 0 spiro atoms. The molecule has 1 amide bonds. The smallest absolute Gasteiger partial charge is 0.411 e. The molecule has 0 radical (unpaired) electrons. The zero-order chi connectivity index (χ0) is 16.6. The molecule has 6 heteroatoms. The van der Waals surface area contributed by atoms with E-state index in [0.29, 0.717) is 6.61 Å². The number of aldehydes is 1. The van der Waals surface area contributed by atoms with Crippen molar-refractivity contribution < 1.29 is 18.8 Å². The summed E-state index contributed by atoms with van der Waals surface area (Å²) >= 11 is 0. The van der Waals surface area contributed by atoms with Crippen molar-refractivity contribution in [2.45, 2.75) is 77.4 Å². The second-order valence-electron chi connectivity index (χ2n) is 8.15. The highest BCUT2D eigenvalue weighted by Crippen LogP contribution is 2.38. The van der Waals surface area contributed by atoms with Crippen LogP contribution in [-0.2, 0) is 14.0 Å². The number of nitrogens with zero attached hydrogens (tertiary/aromatic N) is 1. The molecule has 0 unspecified atom stereocenters. The fourth-order valence-corrected chi connectivity index (χ4v) is 2.74. The van der Waals surface area contributed by atoms with Gasteiger partial charge in [-0.3, -0.25) is 4.90 Å². The van der Waals surface area contributed by atoms with Gasteiger partial charge in [0, 0.05) is 0 Å². The molecule has 122 valence electrons. The summed E-state index contributed by atoms with van der Waals surface area (Å²) in [7, 11) is -1.88. The molecule has 0 aromatic heterocycles. The number of rotatable bonds is 4. The van der Waals surface area contributed by atoms with E-state index in [1.165, 1.54) is 4.90 Å². The predicted molar refractivity (Wildman–Crippen MR) is 84.9 cm³/mol. The molecule has 1 aliphatic rings. The van der Waals surface area contributed by atoms with Gasteiger partial charge in [0.05, 0.1) is 12.6 Å². The Morgan fingerprint density at radius 3 is 2.10 bits per heavy atom. The van der Waals surface area contributed by atoms with Gasteiger partial charge in [-0.15, -0.1) is 0 Å². The highest BCUT2D eigenvalue weighted by molar-refractivity contribution is 6.74. The Balaban J connectivity index is 2.61. The first-order valence-corrected chi connectivity index (χ1v) is 10.3. The summed E-state index contributed by atoms with van der Waals surface area (Å²) in [5, 5.41) is 0.106. The zero-order valence-corrected chi connectivity index (χ0v) is 15.5. The van der Waals surface area contributed by atoms with E-state index in [0.717, 1.165) is 6.29 Å². The first-order chi connectivity index (χ1) is 9.30. The fourth-order valence-electron chi connectivity index (χ4n) is 1.72. The van der Waals surface area contributed by atoms with Gasteiger partial charge in [-0.25, -0.2) is 4.79 Å². The van der Waals surface area contributed by atoms with E-state index >= 15 is 0 Å². The minimum atomic E-state index is -1.88. The third-order valence-corrected chi connectivity index (χ3v) is 8.65. The van der Waals surface area contributed by atoms with Gasteiger partial charge in [0.2, 0.25) is 0 Å². The summed E-state index contributed by atoms with van der Waals surface area (Å²) < 4.78 is 11.4. The standard InChI is InChI=1S/C15H29NO4Si/c1-14(2,3)20-13(18)16-11(9-17)12(16)10-19-21(7,8)15(4,5)6/h9,11-12H,10H2,1-8H3/t11-,12+,16?/m1/s1. The summed E-state index contributed by atoms with van der Waals surface area (Å²) in [6.45, 7) is 16.6. The Labute approximate surface area is 129 Å². The van der Waals surface area contributed by atoms with Crippen molar-refractivity contribution in [3.05, 3.63) is 0 Å². The number of carbonyl (C=O) groups is 2. The van der Waals surface area contributed by atoms with E-state index in [9.17, 15) is 9.59 Å². The lowest BCUT2D eigenvalue weighted by atomic mass is 10.2. The van der Waals surface area contributed by atoms with Crippen LogP contribution in [0.5, 0.6) is 0 Å². The van der Waals surface area contributed by atoms with Crippen molar-refractivity contribution in [3.8, 4) is 0 Å². The maximum atomic E-state index is 12.0. The fraction of sp³-hybridized carbons (Fsp3) is 0.867. The molecular weight excluding hydrogens is 286 g/mol. The van der Waals surface area contributed by atoms with Gasteiger partial charge < -0.3 is 14.0 Å². The van der Waals surface area contributed by atoms with Crippen LogP contribution in [0.3, 0.4) is 0 Å². The molecular formula is C15H29NO4Si. The van der Waals surface area contributed by atoms with E-state index in [4.69, 9.17) is 9.16 Å². The number of carbonyl (C=O) groups excluding carboxylic acids is 2. The second-order valence-corrected chi connectivity index (χ2v) is 13.0. The van der Waals surface area contributed by atoms with Crippen LogP contribution in [0.1, 0.15) is 41.5 Å². The third-order valence-electron chi connectivity index (χ3n) is 4.15. The summed E-state index contributed by atoms with van der Waals surface area (Å²) in [6.07, 6.45) is 0.354. The Morgan fingerprint density at radius 1 is 1.19 bits per heavy atom. The third kappa shape index (κ3) is 4.54. The normalized spacial score (nSPS) is 23.0. The molecule has 0 saturated carbocycles. The van der Waals surface area contributed by atoms with Gasteiger partial charge in [-0.05, 0) is 38.9 Å². The maximum absolute atomic E-state index is 12.0. The molecule has 1 aliphatic heterocycles. The number of amides is 1. The quantitative estimate of drug-likeness (QED) is 0.454. The molecule has 0 aliphatic carbocycles. The van der Waals surface area contributed by atoms with Crippen molar-refractivity contribution in [3.63, 3.8) is 0 Å².